The van der Waals surface area contributed by atoms with Crippen molar-refractivity contribution in [1.82, 2.24) is 15.0 Å². The van der Waals surface area contributed by atoms with Crippen LogP contribution in [0.15, 0.2) is 52.8 Å². The molecule has 0 aliphatic carbocycles. The van der Waals surface area contributed by atoms with Gasteiger partial charge in [-0.2, -0.15) is 0 Å². The van der Waals surface area contributed by atoms with E-state index in [4.69, 9.17) is 5.11 Å². The minimum Gasteiger partial charge on any atom is -0.476 e. The Morgan fingerprint density at radius 3 is 2.89 bits per heavy atom. The van der Waals surface area contributed by atoms with Gasteiger partial charge in [-0.05, 0) is 12.1 Å². The second-order valence-electron chi connectivity index (χ2n) is 3.87. The molecule has 0 saturated carbocycles. The van der Waals surface area contributed by atoms with Crippen molar-refractivity contribution in [1.29, 1.82) is 0 Å². The molecule has 2 N–H and O–H groups in total. The molecule has 0 radical (unpaired) electrons. The number of hydrogen-bond acceptors (Lipinski definition) is 4. The van der Waals surface area contributed by atoms with Crippen LogP contribution in [0, 0.1) is 0 Å². The van der Waals surface area contributed by atoms with Crippen molar-refractivity contribution in [2.24, 2.45) is 0 Å². The molecule has 2 heterocycles. The van der Waals surface area contributed by atoms with E-state index in [1.165, 1.54) is 18.0 Å². The molecule has 0 aliphatic rings. The average molecular weight is 271 g/mol. The Bertz CT molecular complexity index is 721. The highest BCUT2D eigenvalue weighted by Crippen LogP contribution is 2.28. The van der Waals surface area contributed by atoms with Crippen LogP contribution < -0.4 is 0 Å². The van der Waals surface area contributed by atoms with E-state index in [0.29, 0.717) is 5.03 Å². The number of para-hydroxylation sites is 1. The van der Waals surface area contributed by atoms with E-state index in [1.54, 1.807) is 6.20 Å². The first-order chi connectivity index (χ1) is 9.22. The molecular formula is C13H9N3O2S. The first-order valence-corrected chi connectivity index (χ1v) is 6.35. The first kappa shape index (κ1) is 11.7. The smallest absolute Gasteiger partial charge is 0.356 e. The van der Waals surface area contributed by atoms with Gasteiger partial charge in [0.25, 0.3) is 0 Å². The van der Waals surface area contributed by atoms with Gasteiger partial charge < -0.3 is 10.1 Å². The van der Waals surface area contributed by atoms with Crippen molar-refractivity contribution in [2.75, 3.05) is 0 Å². The molecule has 0 bridgehead atoms. The summed E-state index contributed by atoms with van der Waals surface area (Å²) >= 11 is 1.35. The Kier molecular flexibility index (Phi) is 2.92. The number of rotatable bonds is 3. The van der Waals surface area contributed by atoms with Crippen LogP contribution in [0.4, 0.5) is 0 Å². The summed E-state index contributed by atoms with van der Waals surface area (Å²) in [7, 11) is 0. The van der Waals surface area contributed by atoms with Crippen molar-refractivity contribution in [3.05, 3.63) is 48.4 Å². The molecule has 19 heavy (non-hydrogen) atoms. The minimum absolute atomic E-state index is 0.0545. The summed E-state index contributed by atoms with van der Waals surface area (Å²) in [6.45, 7) is 0. The summed E-state index contributed by atoms with van der Waals surface area (Å²) in [4.78, 5) is 22.0. The van der Waals surface area contributed by atoms with E-state index in [-0.39, 0.29) is 5.69 Å². The Balaban J connectivity index is 1.92. The molecule has 0 amide bonds. The van der Waals surface area contributed by atoms with Gasteiger partial charge >= 0.3 is 5.97 Å². The van der Waals surface area contributed by atoms with Gasteiger partial charge in [0, 0.05) is 10.9 Å². The molecule has 3 aromatic rings. The van der Waals surface area contributed by atoms with Crippen LogP contribution in [0.25, 0.3) is 10.9 Å². The van der Waals surface area contributed by atoms with Crippen LogP contribution in [0.5, 0.6) is 0 Å². The van der Waals surface area contributed by atoms with Crippen molar-refractivity contribution >= 4 is 28.6 Å². The lowest BCUT2D eigenvalue weighted by Crippen LogP contribution is -2.01. The number of H-pyrrole nitrogens is 1. The molecule has 0 saturated heterocycles. The van der Waals surface area contributed by atoms with E-state index < -0.39 is 5.97 Å². The SMILES string of the molecule is O=C(O)c1cncc(Sc2cc3ccccc3[nH]2)n1. The van der Waals surface area contributed by atoms with E-state index in [0.717, 1.165) is 15.9 Å². The molecule has 2 aromatic heterocycles. The Hall–Kier alpha value is -2.34. The Labute approximate surface area is 112 Å². The van der Waals surface area contributed by atoms with Crippen molar-refractivity contribution < 1.29 is 9.90 Å². The predicted molar refractivity (Wildman–Crippen MR) is 71.4 cm³/mol. The van der Waals surface area contributed by atoms with Gasteiger partial charge in [-0.25, -0.2) is 9.78 Å². The van der Waals surface area contributed by atoms with E-state index >= 15 is 0 Å². The molecule has 0 fully saturated rings. The molecule has 94 valence electrons. The zero-order valence-electron chi connectivity index (χ0n) is 9.70. The van der Waals surface area contributed by atoms with Crippen LogP contribution in [-0.2, 0) is 0 Å². The standard InChI is InChI=1S/C13H9N3O2S/c17-13(18)10-6-14-7-12(16-10)19-11-5-8-3-1-2-4-9(8)15-11/h1-7,15H,(H,17,18). The van der Waals surface area contributed by atoms with Crippen LogP contribution in [-0.4, -0.2) is 26.0 Å². The molecule has 0 spiro atoms. The Morgan fingerprint density at radius 2 is 2.11 bits per heavy atom. The van der Waals surface area contributed by atoms with Crippen molar-refractivity contribution in [3.63, 3.8) is 0 Å². The maximum absolute atomic E-state index is 10.8. The minimum atomic E-state index is -1.08. The lowest BCUT2D eigenvalue weighted by atomic mass is 10.3. The molecule has 0 aliphatic heterocycles. The van der Waals surface area contributed by atoms with Crippen molar-refractivity contribution in [3.8, 4) is 0 Å². The number of carboxylic acids is 1. The van der Waals surface area contributed by atoms with Crippen LogP contribution in [0.3, 0.4) is 0 Å². The third-order valence-electron chi connectivity index (χ3n) is 2.55. The second kappa shape index (κ2) is 4.74. The molecular weight excluding hydrogens is 262 g/mol. The molecule has 1 aromatic carbocycles. The summed E-state index contributed by atoms with van der Waals surface area (Å²) in [5.41, 5.74) is 0.980. The number of aromatic amines is 1. The maximum Gasteiger partial charge on any atom is 0.356 e. The monoisotopic (exact) mass is 271 g/mol. The van der Waals surface area contributed by atoms with E-state index in [2.05, 4.69) is 15.0 Å². The fraction of sp³-hybridized carbons (Fsp3) is 0. The van der Waals surface area contributed by atoms with E-state index in [1.807, 2.05) is 30.3 Å². The van der Waals surface area contributed by atoms with Crippen molar-refractivity contribution in [2.45, 2.75) is 10.1 Å². The maximum atomic E-state index is 10.8. The highest BCUT2D eigenvalue weighted by molar-refractivity contribution is 7.99. The van der Waals surface area contributed by atoms with Gasteiger partial charge in [0.2, 0.25) is 0 Å². The molecule has 3 rings (SSSR count). The fourth-order valence-electron chi connectivity index (χ4n) is 1.71. The Morgan fingerprint density at radius 1 is 1.26 bits per heavy atom. The van der Waals surface area contributed by atoms with Crippen LogP contribution >= 0.6 is 11.8 Å². The zero-order valence-corrected chi connectivity index (χ0v) is 10.5. The molecule has 0 atom stereocenters. The number of nitrogens with zero attached hydrogens (tertiary/aromatic N) is 2. The zero-order chi connectivity index (χ0) is 13.2. The average Bonchev–Trinajstić information content (AvgIpc) is 2.81. The molecule has 6 heteroatoms. The number of benzene rings is 1. The molecule has 0 unspecified atom stereocenters. The van der Waals surface area contributed by atoms with Gasteiger partial charge in [-0.15, -0.1) is 0 Å². The fourth-order valence-corrected chi connectivity index (χ4v) is 2.54. The summed E-state index contributed by atoms with van der Waals surface area (Å²) in [6.07, 6.45) is 2.78. The number of nitrogens with one attached hydrogen (secondary N) is 1. The predicted octanol–water partition coefficient (Wildman–Crippen LogP) is 2.81. The number of carbonyl (C=O) groups is 1. The van der Waals surface area contributed by atoms with Gasteiger partial charge in [0.15, 0.2) is 5.69 Å². The van der Waals surface area contributed by atoms with Gasteiger partial charge in [0.1, 0.15) is 5.03 Å². The number of carboxylic acid groups (broad SMARTS) is 1. The van der Waals surface area contributed by atoms with Gasteiger partial charge in [0.05, 0.1) is 17.4 Å². The van der Waals surface area contributed by atoms with E-state index in [9.17, 15) is 4.79 Å². The summed E-state index contributed by atoms with van der Waals surface area (Å²) in [5, 5.41) is 11.4. The number of fused-ring (bicyclic) bond motifs is 1. The van der Waals surface area contributed by atoms with Crippen LogP contribution in [0.1, 0.15) is 10.5 Å². The summed E-state index contributed by atoms with van der Waals surface area (Å²) in [5.74, 6) is -1.08. The van der Waals surface area contributed by atoms with Crippen LogP contribution in [0.2, 0.25) is 0 Å². The van der Waals surface area contributed by atoms with Gasteiger partial charge in [-0.3, -0.25) is 4.98 Å². The highest BCUT2D eigenvalue weighted by atomic mass is 32.2. The molecule has 5 nitrogen and oxygen atoms in total. The number of aromatic carboxylic acids is 1. The quantitative estimate of drug-likeness (QED) is 0.765. The third kappa shape index (κ3) is 2.43. The number of hydrogen-bond donors (Lipinski definition) is 2. The summed E-state index contributed by atoms with van der Waals surface area (Å²) in [6, 6.07) is 9.91. The second-order valence-corrected chi connectivity index (χ2v) is 4.93. The lowest BCUT2D eigenvalue weighted by molar-refractivity contribution is 0.0689. The lowest BCUT2D eigenvalue weighted by Gasteiger charge is -1.98. The number of aromatic nitrogens is 3. The topological polar surface area (TPSA) is 78.9 Å². The largest absolute Gasteiger partial charge is 0.476 e. The normalized spacial score (nSPS) is 10.7. The van der Waals surface area contributed by atoms with Gasteiger partial charge in [-0.1, -0.05) is 30.0 Å². The third-order valence-corrected chi connectivity index (χ3v) is 3.40. The highest BCUT2D eigenvalue weighted by Gasteiger charge is 2.08. The summed E-state index contributed by atoms with van der Waals surface area (Å²) < 4.78 is 0. The first-order valence-electron chi connectivity index (χ1n) is 5.53.